The lowest BCUT2D eigenvalue weighted by Crippen LogP contribution is -2.23. The maximum absolute atomic E-state index is 11.1. The molecule has 18 heavy (non-hydrogen) atoms. The normalized spacial score (nSPS) is 10.1. The number of Topliss-reactive ketones (excluding diaryl/α,β-unsaturated/α-hetero) is 1. The number of ketones is 1. The summed E-state index contributed by atoms with van der Waals surface area (Å²) in [6.45, 7) is 2.06. The van der Waals surface area contributed by atoms with Gasteiger partial charge in [-0.25, -0.2) is 0 Å². The third kappa shape index (κ3) is 2.98. The van der Waals surface area contributed by atoms with Crippen molar-refractivity contribution in [2.75, 3.05) is 18.5 Å². The van der Waals surface area contributed by atoms with E-state index in [9.17, 15) is 4.79 Å². The predicted molar refractivity (Wildman–Crippen MR) is 75.8 cm³/mol. The van der Waals surface area contributed by atoms with Crippen molar-refractivity contribution >= 4 is 11.5 Å². The van der Waals surface area contributed by atoms with Gasteiger partial charge >= 0.3 is 0 Å². The van der Waals surface area contributed by atoms with Crippen molar-refractivity contribution < 1.29 is 4.79 Å². The molecule has 0 radical (unpaired) electrons. The molecule has 2 aromatic carbocycles. The number of rotatable bonds is 4. The Morgan fingerprint density at radius 2 is 1.50 bits per heavy atom. The number of likely N-dealkylation sites (N-methyl/N-ethyl adjacent to an activating group) is 1. The zero-order valence-corrected chi connectivity index (χ0v) is 10.8. The molecule has 0 fully saturated rings. The van der Waals surface area contributed by atoms with Crippen molar-refractivity contribution in [2.24, 2.45) is 0 Å². The zero-order chi connectivity index (χ0) is 13.0. The molecule has 2 nitrogen and oxygen atoms in total. The summed E-state index contributed by atoms with van der Waals surface area (Å²) >= 11 is 0. The van der Waals surface area contributed by atoms with E-state index in [1.807, 2.05) is 42.3 Å². The summed E-state index contributed by atoms with van der Waals surface area (Å²) in [5, 5.41) is 0. The van der Waals surface area contributed by atoms with Gasteiger partial charge in [0.25, 0.3) is 0 Å². The zero-order valence-electron chi connectivity index (χ0n) is 10.8. The van der Waals surface area contributed by atoms with Gasteiger partial charge in [0.05, 0.1) is 6.54 Å². The summed E-state index contributed by atoms with van der Waals surface area (Å²) < 4.78 is 0. The Morgan fingerprint density at radius 1 is 0.944 bits per heavy atom. The van der Waals surface area contributed by atoms with Crippen LogP contribution in [0.15, 0.2) is 54.6 Å². The lowest BCUT2D eigenvalue weighted by Gasteiger charge is -2.17. The van der Waals surface area contributed by atoms with E-state index in [2.05, 4.69) is 24.3 Å². The highest BCUT2D eigenvalue weighted by atomic mass is 16.1. The molecule has 2 aromatic rings. The highest BCUT2D eigenvalue weighted by Crippen LogP contribution is 2.22. The number of carbonyl (C=O) groups excluding carboxylic acids is 1. The third-order valence-electron chi connectivity index (χ3n) is 2.88. The number of hydrogen-bond acceptors (Lipinski definition) is 2. The van der Waals surface area contributed by atoms with E-state index in [4.69, 9.17) is 0 Å². The van der Waals surface area contributed by atoms with E-state index in [0.29, 0.717) is 6.54 Å². The van der Waals surface area contributed by atoms with Gasteiger partial charge in [-0.15, -0.1) is 0 Å². The van der Waals surface area contributed by atoms with Crippen LogP contribution in [0.4, 0.5) is 5.69 Å². The smallest absolute Gasteiger partial charge is 0.149 e. The number of nitrogens with zero attached hydrogens (tertiary/aromatic N) is 1. The average Bonchev–Trinajstić information content (AvgIpc) is 2.39. The molecular weight excluding hydrogens is 222 g/mol. The van der Waals surface area contributed by atoms with Gasteiger partial charge < -0.3 is 4.90 Å². The molecule has 0 heterocycles. The quantitative estimate of drug-likeness (QED) is 0.815. The van der Waals surface area contributed by atoms with Crippen molar-refractivity contribution in [1.82, 2.24) is 0 Å². The van der Waals surface area contributed by atoms with E-state index < -0.39 is 0 Å². The molecule has 0 saturated carbocycles. The average molecular weight is 239 g/mol. The number of benzene rings is 2. The van der Waals surface area contributed by atoms with Crippen LogP contribution in [0.5, 0.6) is 0 Å². The first kappa shape index (κ1) is 12.4. The highest BCUT2D eigenvalue weighted by Gasteiger charge is 2.03. The second kappa shape index (κ2) is 5.50. The minimum Gasteiger partial charge on any atom is -0.367 e. The molecule has 0 saturated heterocycles. The number of anilines is 1. The molecule has 0 atom stereocenters. The minimum absolute atomic E-state index is 0.171. The van der Waals surface area contributed by atoms with Crippen LogP contribution in [0.3, 0.4) is 0 Å². The van der Waals surface area contributed by atoms with Gasteiger partial charge in [0, 0.05) is 12.7 Å². The van der Waals surface area contributed by atoms with E-state index in [-0.39, 0.29) is 5.78 Å². The molecule has 0 N–H and O–H groups in total. The molecular formula is C16H17NO. The predicted octanol–water partition coefficient (Wildman–Crippen LogP) is 3.38. The molecule has 0 spiro atoms. The Hall–Kier alpha value is -2.09. The van der Waals surface area contributed by atoms with E-state index in [1.165, 1.54) is 11.1 Å². The molecule has 92 valence electrons. The van der Waals surface area contributed by atoms with Crippen molar-refractivity contribution in [3.63, 3.8) is 0 Å². The highest BCUT2D eigenvalue weighted by molar-refractivity contribution is 5.81. The largest absolute Gasteiger partial charge is 0.367 e. The van der Waals surface area contributed by atoms with Crippen molar-refractivity contribution in [2.45, 2.75) is 6.92 Å². The van der Waals surface area contributed by atoms with Crippen LogP contribution >= 0.6 is 0 Å². The summed E-state index contributed by atoms with van der Waals surface area (Å²) in [6, 6.07) is 18.5. The fraction of sp³-hybridized carbons (Fsp3) is 0.188. The molecule has 2 heteroatoms. The topological polar surface area (TPSA) is 20.3 Å². The van der Waals surface area contributed by atoms with Crippen molar-refractivity contribution in [3.05, 3.63) is 54.6 Å². The summed E-state index contributed by atoms with van der Waals surface area (Å²) in [6.07, 6.45) is 0. The molecule has 0 aliphatic carbocycles. The van der Waals surface area contributed by atoms with Crippen LogP contribution in [0.2, 0.25) is 0 Å². The molecule has 0 aliphatic rings. The molecule has 0 aliphatic heterocycles. The van der Waals surface area contributed by atoms with Gasteiger partial charge in [-0.2, -0.15) is 0 Å². The number of carbonyl (C=O) groups is 1. The van der Waals surface area contributed by atoms with Crippen molar-refractivity contribution in [1.29, 1.82) is 0 Å². The molecule has 0 aromatic heterocycles. The molecule has 0 bridgehead atoms. The monoisotopic (exact) mass is 239 g/mol. The second-order valence-corrected chi connectivity index (χ2v) is 4.47. The van der Waals surface area contributed by atoms with Gasteiger partial charge in [0.2, 0.25) is 0 Å². The molecule has 0 amide bonds. The van der Waals surface area contributed by atoms with Gasteiger partial charge in [-0.1, -0.05) is 42.5 Å². The lowest BCUT2D eigenvalue weighted by atomic mass is 10.1. The Bertz CT molecular complexity index is 517. The van der Waals surface area contributed by atoms with Gasteiger partial charge in [0.1, 0.15) is 5.78 Å². The summed E-state index contributed by atoms with van der Waals surface area (Å²) in [5.41, 5.74) is 3.46. The minimum atomic E-state index is 0.171. The summed E-state index contributed by atoms with van der Waals surface area (Å²) in [4.78, 5) is 13.0. The standard InChI is InChI=1S/C16H17NO/c1-13(18)12-17(2)16-10-8-15(9-11-16)14-6-4-3-5-7-14/h3-11H,12H2,1-2H3. The van der Waals surface area contributed by atoms with Crippen LogP contribution in [0.25, 0.3) is 11.1 Å². The Labute approximate surface area is 108 Å². The van der Waals surface area contributed by atoms with E-state index in [1.54, 1.807) is 6.92 Å². The van der Waals surface area contributed by atoms with Crippen molar-refractivity contribution in [3.8, 4) is 11.1 Å². The third-order valence-corrected chi connectivity index (χ3v) is 2.88. The fourth-order valence-corrected chi connectivity index (χ4v) is 1.96. The Kier molecular flexibility index (Phi) is 3.78. The Balaban J connectivity index is 2.18. The van der Waals surface area contributed by atoms with Crippen LogP contribution in [-0.4, -0.2) is 19.4 Å². The summed E-state index contributed by atoms with van der Waals surface area (Å²) in [5.74, 6) is 0.171. The second-order valence-electron chi connectivity index (χ2n) is 4.47. The van der Waals surface area contributed by atoms with Crippen LogP contribution in [-0.2, 0) is 4.79 Å². The van der Waals surface area contributed by atoms with Crippen LogP contribution in [0.1, 0.15) is 6.92 Å². The summed E-state index contributed by atoms with van der Waals surface area (Å²) in [7, 11) is 1.93. The van der Waals surface area contributed by atoms with Gasteiger partial charge in [0.15, 0.2) is 0 Å². The maximum Gasteiger partial charge on any atom is 0.149 e. The SMILES string of the molecule is CC(=O)CN(C)c1ccc(-c2ccccc2)cc1. The Morgan fingerprint density at radius 3 is 2.06 bits per heavy atom. The first-order valence-electron chi connectivity index (χ1n) is 6.03. The van der Waals surface area contributed by atoms with E-state index >= 15 is 0 Å². The lowest BCUT2D eigenvalue weighted by molar-refractivity contribution is -0.115. The first-order valence-corrected chi connectivity index (χ1v) is 6.03. The molecule has 2 rings (SSSR count). The van der Waals surface area contributed by atoms with Gasteiger partial charge in [-0.05, 0) is 30.2 Å². The maximum atomic E-state index is 11.1. The first-order chi connectivity index (χ1) is 8.66. The van der Waals surface area contributed by atoms with Crippen LogP contribution < -0.4 is 4.90 Å². The van der Waals surface area contributed by atoms with Crippen LogP contribution in [0, 0.1) is 0 Å². The number of hydrogen-bond donors (Lipinski definition) is 0. The fourth-order valence-electron chi connectivity index (χ4n) is 1.96. The van der Waals surface area contributed by atoms with E-state index in [0.717, 1.165) is 5.69 Å². The molecule has 0 unspecified atom stereocenters. The van der Waals surface area contributed by atoms with Gasteiger partial charge in [-0.3, -0.25) is 4.79 Å².